The summed E-state index contributed by atoms with van der Waals surface area (Å²) in [6.07, 6.45) is 0.506. The van der Waals surface area contributed by atoms with E-state index in [2.05, 4.69) is 10.2 Å². The van der Waals surface area contributed by atoms with Crippen LogP contribution in [0.5, 0.6) is 0 Å². The maximum atomic E-state index is 14.6. The molecule has 3 aromatic carbocycles. The fourth-order valence-electron chi connectivity index (χ4n) is 7.11. The number of halogens is 2. The van der Waals surface area contributed by atoms with E-state index in [-0.39, 0.29) is 23.7 Å². The van der Waals surface area contributed by atoms with E-state index in [9.17, 15) is 9.59 Å². The summed E-state index contributed by atoms with van der Waals surface area (Å²) >= 11 is 14.6. The third-order valence-electron chi connectivity index (χ3n) is 8.23. The number of benzene rings is 3. The van der Waals surface area contributed by atoms with Gasteiger partial charge in [-0.3, -0.25) is 14.5 Å². The van der Waals surface area contributed by atoms with E-state index in [1.807, 2.05) is 72.4 Å². The van der Waals surface area contributed by atoms with E-state index in [0.29, 0.717) is 22.3 Å². The van der Waals surface area contributed by atoms with Gasteiger partial charge in [0.25, 0.3) is 5.91 Å². The van der Waals surface area contributed by atoms with Gasteiger partial charge in [-0.1, -0.05) is 59.6 Å². The summed E-state index contributed by atoms with van der Waals surface area (Å²) in [4.78, 5) is 31.1. The molecule has 170 valence electrons. The molecule has 2 saturated heterocycles. The number of hydrogen-bond donors (Lipinski definition) is 1. The molecule has 34 heavy (non-hydrogen) atoms. The Morgan fingerprint density at radius 1 is 0.971 bits per heavy atom. The summed E-state index contributed by atoms with van der Waals surface area (Å²) in [5.41, 5.74) is 2.20. The summed E-state index contributed by atoms with van der Waals surface area (Å²) < 4.78 is 0. The smallest absolute Gasteiger partial charge is 0.250 e. The minimum absolute atomic E-state index is 0.0279. The number of fused-ring (bicyclic) bond motifs is 6. The Hall–Kier alpha value is -2.31. The van der Waals surface area contributed by atoms with Crippen LogP contribution in [0.3, 0.4) is 0 Å². The average Bonchev–Trinajstić information content (AvgIpc) is 3.54. The lowest BCUT2D eigenvalue weighted by atomic mass is 9.58. The second-order valence-electron chi connectivity index (χ2n) is 9.56. The van der Waals surface area contributed by atoms with E-state index in [4.69, 9.17) is 23.2 Å². The molecule has 0 aromatic heterocycles. The highest BCUT2D eigenvalue weighted by molar-refractivity contribution is 7.99. The molecule has 3 aliphatic heterocycles. The number of thioether (sulfide) groups is 1. The lowest BCUT2D eigenvalue weighted by Crippen LogP contribution is -2.58. The first-order chi connectivity index (χ1) is 16.5. The van der Waals surface area contributed by atoms with Gasteiger partial charge >= 0.3 is 0 Å². The number of rotatable bonds is 1. The highest BCUT2D eigenvalue weighted by atomic mass is 35.5. The molecular formula is C27H20Cl2N2O2S. The monoisotopic (exact) mass is 506 g/mol. The second kappa shape index (κ2) is 7.11. The third-order valence-corrected chi connectivity index (χ3v) is 9.75. The van der Waals surface area contributed by atoms with Crippen LogP contribution in [0, 0.1) is 5.41 Å². The van der Waals surface area contributed by atoms with Gasteiger partial charge in [0.2, 0.25) is 0 Å². The van der Waals surface area contributed by atoms with Crippen molar-refractivity contribution in [3.63, 3.8) is 0 Å². The van der Waals surface area contributed by atoms with Crippen LogP contribution < -0.4 is 5.32 Å². The largest absolute Gasteiger partial charge is 0.324 e. The quantitative estimate of drug-likeness (QED) is 0.457. The van der Waals surface area contributed by atoms with Crippen LogP contribution in [0.2, 0.25) is 10.0 Å². The maximum Gasteiger partial charge on any atom is 0.250 e. The van der Waals surface area contributed by atoms with Crippen LogP contribution >= 0.6 is 35.0 Å². The fourth-order valence-corrected chi connectivity index (χ4v) is 8.71. The second-order valence-corrected chi connectivity index (χ2v) is 11.4. The molecule has 0 radical (unpaired) electrons. The summed E-state index contributed by atoms with van der Waals surface area (Å²) in [6.45, 7) is 0. The predicted molar refractivity (Wildman–Crippen MR) is 136 cm³/mol. The molecule has 0 unspecified atom stereocenters. The Morgan fingerprint density at radius 3 is 2.53 bits per heavy atom. The Balaban J connectivity index is 1.59. The number of Topliss-reactive ketones (excluding diaryl/α,β-unsaturated/α-hetero) is 1. The summed E-state index contributed by atoms with van der Waals surface area (Å²) in [5, 5.41) is 4.34. The van der Waals surface area contributed by atoms with Crippen LogP contribution in [0.4, 0.5) is 5.69 Å². The number of anilines is 1. The fraction of sp³-hybridized carbons (Fsp3) is 0.259. The van der Waals surface area contributed by atoms with Crippen molar-refractivity contribution >= 4 is 52.3 Å². The van der Waals surface area contributed by atoms with Crippen molar-refractivity contribution in [1.29, 1.82) is 0 Å². The predicted octanol–water partition coefficient (Wildman–Crippen LogP) is 5.74. The van der Waals surface area contributed by atoms with E-state index in [0.717, 1.165) is 33.7 Å². The molecule has 3 heterocycles. The van der Waals surface area contributed by atoms with Gasteiger partial charge in [-0.05, 0) is 47.9 Å². The zero-order valence-electron chi connectivity index (χ0n) is 18.1. The number of hydrogen-bond acceptors (Lipinski definition) is 4. The van der Waals surface area contributed by atoms with Crippen LogP contribution in [0.1, 0.15) is 33.0 Å². The van der Waals surface area contributed by atoms with Crippen LogP contribution in [0.25, 0.3) is 0 Å². The number of ketones is 1. The Labute approximate surface area is 211 Å². The van der Waals surface area contributed by atoms with Crippen LogP contribution in [-0.2, 0) is 16.8 Å². The minimum Gasteiger partial charge on any atom is -0.324 e. The zero-order chi connectivity index (χ0) is 23.2. The van der Waals surface area contributed by atoms with Gasteiger partial charge in [0.05, 0.1) is 5.41 Å². The van der Waals surface area contributed by atoms with Crippen molar-refractivity contribution in [2.75, 3.05) is 16.9 Å². The average molecular weight is 507 g/mol. The molecular weight excluding hydrogens is 487 g/mol. The zero-order valence-corrected chi connectivity index (χ0v) is 20.4. The van der Waals surface area contributed by atoms with E-state index < -0.39 is 11.0 Å². The Morgan fingerprint density at radius 2 is 1.74 bits per heavy atom. The molecule has 0 saturated carbocycles. The van der Waals surface area contributed by atoms with Crippen molar-refractivity contribution in [2.24, 2.45) is 5.41 Å². The molecule has 1 aliphatic carbocycles. The Bertz CT molecular complexity index is 1390. The Kier molecular flexibility index (Phi) is 4.39. The molecule has 0 bridgehead atoms. The molecule has 3 aromatic rings. The lowest BCUT2D eigenvalue weighted by molar-refractivity contribution is -0.130. The molecule has 7 rings (SSSR count). The van der Waals surface area contributed by atoms with E-state index >= 15 is 0 Å². The van der Waals surface area contributed by atoms with Crippen LogP contribution in [-0.4, -0.2) is 34.3 Å². The molecule has 1 amide bonds. The van der Waals surface area contributed by atoms with Crippen LogP contribution in [0.15, 0.2) is 66.7 Å². The van der Waals surface area contributed by atoms with Crippen molar-refractivity contribution < 1.29 is 9.59 Å². The van der Waals surface area contributed by atoms with Crippen molar-refractivity contribution in [1.82, 2.24) is 4.90 Å². The first-order valence-electron chi connectivity index (χ1n) is 11.3. The van der Waals surface area contributed by atoms with Gasteiger partial charge in [-0.25, -0.2) is 0 Å². The number of amides is 1. The van der Waals surface area contributed by atoms with Gasteiger partial charge < -0.3 is 5.32 Å². The molecule has 4 atom stereocenters. The summed E-state index contributed by atoms with van der Waals surface area (Å²) in [5.74, 6) is 1.28. The number of nitrogens with zero attached hydrogens (tertiary/aromatic N) is 1. The van der Waals surface area contributed by atoms with Gasteiger partial charge in [-0.15, -0.1) is 11.8 Å². The standard InChI is InChI=1S/C27H20Cl2N2O2S/c28-17-7-5-15(6-8-17)23-22-13-34-14-31(22)27(20-11-18(29)9-10-21(20)30-25(27)33)26(23)12-16-3-1-2-4-19(16)24(26)32/h1-11,22-23H,12-14H2,(H,30,33)/t22-,23-,26-,27-/m0/s1. The van der Waals surface area contributed by atoms with Gasteiger partial charge in [0, 0.05) is 50.4 Å². The minimum atomic E-state index is -1.14. The topological polar surface area (TPSA) is 49.4 Å². The van der Waals surface area contributed by atoms with Crippen molar-refractivity contribution in [3.05, 3.63) is 99.0 Å². The molecule has 2 spiro atoms. The summed E-state index contributed by atoms with van der Waals surface area (Å²) in [7, 11) is 0. The van der Waals surface area contributed by atoms with Crippen molar-refractivity contribution in [2.45, 2.75) is 23.9 Å². The number of nitrogens with one attached hydrogen (secondary N) is 1. The van der Waals surface area contributed by atoms with E-state index in [1.54, 1.807) is 6.07 Å². The molecule has 4 aliphatic rings. The molecule has 4 nitrogen and oxygen atoms in total. The number of carbonyl (C=O) groups is 2. The first kappa shape index (κ1) is 21.0. The SMILES string of the molecule is O=C1Nc2ccc(Cl)cc2[C@]12N1CSC[C@H]1[C@H](c1ccc(Cl)cc1)[C@]21Cc2ccccc2C1=O. The molecule has 1 N–H and O–H groups in total. The number of carbonyl (C=O) groups excluding carboxylic acids is 2. The van der Waals surface area contributed by atoms with E-state index in [1.165, 1.54) is 0 Å². The molecule has 2 fully saturated rings. The molecule has 7 heteroatoms. The van der Waals surface area contributed by atoms with Gasteiger partial charge in [-0.2, -0.15) is 0 Å². The highest BCUT2D eigenvalue weighted by Gasteiger charge is 2.78. The van der Waals surface area contributed by atoms with Gasteiger partial charge in [0.15, 0.2) is 5.78 Å². The summed E-state index contributed by atoms with van der Waals surface area (Å²) in [6, 6.07) is 21.2. The first-order valence-corrected chi connectivity index (χ1v) is 13.2. The lowest BCUT2D eigenvalue weighted by Gasteiger charge is -2.44. The normalized spacial score (nSPS) is 31.2. The van der Waals surface area contributed by atoms with Crippen molar-refractivity contribution in [3.8, 4) is 0 Å². The third kappa shape index (κ3) is 2.36. The maximum absolute atomic E-state index is 14.6. The van der Waals surface area contributed by atoms with Gasteiger partial charge in [0.1, 0.15) is 5.54 Å². The highest BCUT2D eigenvalue weighted by Crippen LogP contribution is 2.70.